The van der Waals surface area contributed by atoms with E-state index in [1.54, 1.807) is 0 Å². The molecule has 1 aromatic rings. The molecule has 0 fully saturated rings. The highest BCUT2D eigenvalue weighted by Gasteiger charge is 2.08. The highest BCUT2D eigenvalue weighted by Crippen LogP contribution is 2.11. The second-order valence-electron chi connectivity index (χ2n) is 4.29. The minimum Gasteiger partial charge on any atom is -0.384 e. The second-order valence-corrected chi connectivity index (χ2v) is 4.29. The minimum absolute atomic E-state index is 0.159. The summed E-state index contributed by atoms with van der Waals surface area (Å²) in [6, 6.07) is 7.93. The molecule has 1 aromatic carbocycles. The molecule has 3 heteroatoms. The van der Waals surface area contributed by atoms with Gasteiger partial charge in [-0.25, -0.2) is 0 Å². The highest BCUT2D eigenvalue weighted by molar-refractivity contribution is 5.96. The number of nitrogens with one attached hydrogen (secondary N) is 1. The van der Waals surface area contributed by atoms with E-state index in [9.17, 15) is 0 Å². The van der Waals surface area contributed by atoms with Crippen LogP contribution in [0.4, 0.5) is 0 Å². The molecule has 94 valence electrons. The van der Waals surface area contributed by atoms with Crippen molar-refractivity contribution in [2.24, 2.45) is 5.73 Å². The lowest BCUT2D eigenvalue weighted by atomic mass is 10.1. The van der Waals surface area contributed by atoms with Crippen LogP contribution in [0, 0.1) is 5.41 Å². The molecule has 0 unspecified atom stereocenters. The smallest absolute Gasteiger partial charge is 0.123 e. The fourth-order valence-corrected chi connectivity index (χ4v) is 1.89. The Kier molecular flexibility index (Phi) is 5.70. The molecule has 1 rings (SSSR count). The van der Waals surface area contributed by atoms with Crippen LogP contribution in [0.5, 0.6) is 0 Å². The normalized spacial score (nSPS) is 10.8. The van der Waals surface area contributed by atoms with Crippen LogP contribution in [-0.2, 0) is 6.54 Å². The van der Waals surface area contributed by atoms with Gasteiger partial charge in [-0.3, -0.25) is 10.3 Å². The number of nitrogen functional groups attached to an aromatic ring is 1. The first kappa shape index (κ1) is 13.7. The van der Waals surface area contributed by atoms with Gasteiger partial charge in [-0.2, -0.15) is 0 Å². The van der Waals surface area contributed by atoms with Gasteiger partial charge in [0.05, 0.1) is 0 Å². The van der Waals surface area contributed by atoms with E-state index in [0.717, 1.165) is 30.8 Å². The zero-order chi connectivity index (χ0) is 12.7. The lowest BCUT2D eigenvalue weighted by Gasteiger charge is -2.21. The molecule has 0 bridgehead atoms. The Morgan fingerprint density at radius 3 is 2.59 bits per heavy atom. The highest BCUT2D eigenvalue weighted by atomic mass is 15.1. The molecule has 0 aromatic heterocycles. The van der Waals surface area contributed by atoms with Gasteiger partial charge in [0, 0.05) is 12.1 Å². The summed E-state index contributed by atoms with van der Waals surface area (Å²) in [4.78, 5) is 2.39. The maximum absolute atomic E-state index is 7.57. The molecule has 0 amide bonds. The second kappa shape index (κ2) is 7.07. The van der Waals surface area contributed by atoms with Crippen molar-refractivity contribution in [1.29, 1.82) is 5.41 Å². The average molecular weight is 233 g/mol. The molecular formula is C14H23N3. The van der Waals surface area contributed by atoms with Gasteiger partial charge in [0.2, 0.25) is 0 Å². The van der Waals surface area contributed by atoms with Crippen LogP contribution in [0.3, 0.4) is 0 Å². The number of unbranched alkanes of at least 4 members (excludes halogenated alkanes) is 1. The van der Waals surface area contributed by atoms with Crippen LogP contribution in [0.2, 0.25) is 0 Å². The molecular weight excluding hydrogens is 210 g/mol. The molecule has 0 heterocycles. The third-order valence-corrected chi connectivity index (χ3v) is 2.98. The largest absolute Gasteiger partial charge is 0.384 e. The lowest BCUT2D eigenvalue weighted by Crippen LogP contribution is -2.26. The Morgan fingerprint density at radius 2 is 2.00 bits per heavy atom. The molecule has 0 aliphatic rings. The Hall–Kier alpha value is -1.35. The summed E-state index contributed by atoms with van der Waals surface area (Å²) in [5.74, 6) is 0.159. The van der Waals surface area contributed by atoms with Crippen molar-refractivity contribution in [1.82, 2.24) is 4.90 Å². The fourth-order valence-electron chi connectivity index (χ4n) is 1.89. The van der Waals surface area contributed by atoms with Gasteiger partial charge in [-0.15, -0.1) is 0 Å². The van der Waals surface area contributed by atoms with Gasteiger partial charge >= 0.3 is 0 Å². The van der Waals surface area contributed by atoms with Gasteiger partial charge in [-0.05, 0) is 25.1 Å². The first-order valence-corrected chi connectivity index (χ1v) is 6.33. The van der Waals surface area contributed by atoms with Gasteiger partial charge in [-0.1, -0.05) is 44.5 Å². The standard InChI is InChI=1S/C14H23N3/c1-3-5-10-17(4-2)11-12-8-6-7-9-13(12)14(15)16/h6-9H,3-5,10-11H2,1-2H3,(H3,15,16). The van der Waals surface area contributed by atoms with Crippen molar-refractivity contribution < 1.29 is 0 Å². The fraction of sp³-hybridized carbons (Fsp3) is 0.500. The molecule has 17 heavy (non-hydrogen) atoms. The van der Waals surface area contributed by atoms with E-state index >= 15 is 0 Å². The summed E-state index contributed by atoms with van der Waals surface area (Å²) in [5.41, 5.74) is 7.61. The zero-order valence-corrected chi connectivity index (χ0v) is 10.9. The van der Waals surface area contributed by atoms with E-state index in [-0.39, 0.29) is 5.84 Å². The molecule has 0 radical (unpaired) electrons. The first-order chi connectivity index (χ1) is 8.19. The topological polar surface area (TPSA) is 53.1 Å². The summed E-state index contributed by atoms with van der Waals surface area (Å²) >= 11 is 0. The predicted octanol–water partition coefficient (Wildman–Crippen LogP) is 2.59. The molecule has 0 aliphatic carbocycles. The van der Waals surface area contributed by atoms with E-state index in [2.05, 4.69) is 24.8 Å². The molecule has 0 saturated carbocycles. The SMILES string of the molecule is CCCCN(CC)Cc1ccccc1C(=N)N. The van der Waals surface area contributed by atoms with Crippen molar-refractivity contribution in [3.8, 4) is 0 Å². The van der Waals surface area contributed by atoms with Crippen molar-refractivity contribution in [3.63, 3.8) is 0 Å². The maximum atomic E-state index is 7.57. The van der Waals surface area contributed by atoms with Crippen LogP contribution in [0.25, 0.3) is 0 Å². The number of hydrogen-bond donors (Lipinski definition) is 2. The predicted molar refractivity (Wildman–Crippen MR) is 73.3 cm³/mol. The summed E-state index contributed by atoms with van der Waals surface area (Å²) in [7, 11) is 0. The number of amidine groups is 1. The Labute approximate surface area is 104 Å². The van der Waals surface area contributed by atoms with Gasteiger partial charge in [0.15, 0.2) is 0 Å². The molecule has 0 aliphatic heterocycles. The molecule has 3 N–H and O–H groups in total. The summed E-state index contributed by atoms with van der Waals surface area (Å²) in [6.45, 7) is 7.40. The summed E-state index contributed by atoms with van der Waals surface area (Å²) < 4.78 is 0. The number of benzene rings is 1. The number of rotatable bonds is 7. The number of nitrogens with two attached hydrogens (primary N) is 1. The molecule has 0 saturated heterocycles. The third kappa shape index (κ3) is 4.19. The van der Waals surface area contributed by atoms with Crippen LogP contribution in [0.1, 0.15) is 37.8 Å². The van der Waals surface area contributed by atoms with Crippen LogP contribution < -0.4 is 5.73 Å². The van der Waals surface area contributed by atoms with E-state index in [1.807, 2.05) is 18.2 Å². The van der Waals surface area contributed by atoms with Gasteiger partial charge in [0.1, 0.15) is 5.84 Å². The van der Waals surface area contributed by atoms with Crippen molar-refractivity contribution >= 4 is 5.84 Å². The number of nitrogens with zero attached hydrogens (tertiary/aromatic N) is 1. The monoisotopic (exact) mass is 233 g/mol. The van der Waals surface area contributed by atoms with E-state index in [0.29, 0.717) is 0 Å². The maximum Gasteiger partial charge on any atom is 0.123 e. The molecule has 3 nitrogen and oxygen atoms in total. The van der Waals surface area contributed by atoms with Crippen LogP contribution in [-0.4, -0.2) is 23.8 Å². The molecule has 0 spiro atoms. The van der Waals surface area contributed by atoms with E-state index < -0.39 is 0 Å². The summed E-state index contributed by atoms with van der Waals surface area (Å²) in [5, 5.41) is 7.57. The third-order valence-electron chi connectivity index (χ3n) is 2.98. The van der Waals surface area contributed by atoms with Crippen LogP contribution >= 0.6 is 0 Å². The zero-order valence-electron chi connectivity index (χ0n) is 10.9. The van der Waals surface area contributed by atoms with Crippen molar-refractivity contribution in [2.75, 3.05) is 13.1 Å². The van der Waals surface area contributed by atoms with Gasteiger partial charge < -0.3 is 5.73 Å². The summed E-state index contributed by atoms with van der Waals surface area (Å²) in [6.07, 6.45) is 2.43. The Bertz CT molecular complexity index is 360. The lowest BCUT2D eigenvalue weighted by molar-refractivity contribution is 0.275. The Balaban J connectivity index is 2.75. The average Bonchev–Trinajstić information content (AvgIpc) is 2.34. The van der Waals surface area contributed by atoms with Crippen molar-refractivity contribution in [2.45, 2.75) is 33.2 Å². The Morgan fingerprint density at radius 1 is 1.29 bits per heavy atom. The first-order valence-electron chi connectivity index (χ1n) is 6.33. The van der Waals surface area contributed by atoms with Gasteiger partial charge in [0.25, 0.3) is 0 Å². The van der Waals surface area contributed by atoms with E-state index in [4.69, 9.17) is 11.1 Å². The van der Waals surface area contributed by atoms with E-state index in [1.165, 1.54) is 12.8 Å². The molecule has 0 atom stereocenters. The number of hydrogen-bond acceptors (Lipinski definition) is 2. The quantitative estimate of drug-likeness (QED) is 0.562. The minimum atomic E-state index is 0.159. The van der Waals surface area contributed by atoms with Crippen molar-refractivity contribution in [3.05, 3.63) is 35.4 Å². The van der Waals surface area contributed by atoms with Crippen LogP contribution in [0.15, 0.2) is 24.3 Å².